The molecule has 3 aromatic carbocycles. The highest BCUT2D eigenvalue weighted by Gasteiger charge is 2.46. The molecule has 1 saturated heterocycles. The van der Waals surface area contributed by atoms with E-state index in [1.165, 1.54) is 7.11 Å². The van der Waals surface area contributed by atoms with Gasteiger partial charge in [0.15, 0.2) is 6.29 Å². The number of hydrogen-bond acceptors (Lipinski definition) is 6. The third-order valence-corrected chi connectivity index (χ3v) is 5.91. The van der Waals surface area contributed by atoms with Gasteiger partial charge in [-0.1, -0.05) is 91.0 Å². The molecule has 4 rings (SSSR count). The first-order chi connectivity index (χ1) is 15.6. The Balaban J connectivity index is 1.77. The van der Waals surface area contributed by atoms with Crippen molar-refractivity contribution in [1.82, 2.24) is 0 Å². The van der Waals surface area contributed by atoms with Crippen molar-refractivity contribution in [2.24, 2.45) is 0 Å². The maximum Gasteiger partial charge on any atom is 0.186 e. The Hall–Kier alpha value is -2.58. The van der Waals surface area contributed by atoms with E-state index in [4.69, 9.17) is 14.2 Å². The lowest BCUT2D eigenvalue weighted by Crippen LogP contribution is -2.59. The summed E-state index contributed by atoms with van der Waals surface area (Å²) >= 11 is 0. The molecule has 168 valence electrons. The van der Waals surface area contributed by atoms with Crippen molar-refractivity contribution in [3.63, 3.8) is 0 Å². The van der Waals surface area contributed by atoms with Crippen LogP contribution in [0.3, 0.4) is 0 Å². The summed E-state index contributed by atoms with van der Waals surface area (Å²) in [6.45, 7) is -0.0521. The normalized spacial score (nSPS) is 26.1. The lowest BCUT2D eigenvalue weighted by molar-refractivity contribution is -0.299. The monoisotopic (exact) mass is 436 g/mol. The fourth-order valence-electron chi connectivity index (χ4n) is 4.22. The number of benzene rings is 3. The maximum absolute atomic E-state index is 10.6. The number of ether oxygens (including phenoxy) is 3. The van der Waals surface area contributed by atoms with E-state index < -0.39 is 36.3 Å². The molecule has 1 aliphatic rings. The van der Waals surface area contributed by atoms with E-state index in [1.54, 1.807) is 0 Å². The Morgan fingerprint density at radius 2 is 1.12 bits per heavy atom. The molecule has 0 radical (unpaired) electrons. The van der Waals surface area contributed by atoms with Gasteiger partial charge in [0.1, 0.15) is 30.0 Å². The number of rotatable bonds is 7. The zero-order chi connectivity index (χ0) is 22.6. The second kappa shape index (κ2) is 9.92. The van der Waals surface area contributed by atoms with Crippen LogP contribution < -0.4 is 0 Å². The average Bonchev–Trinajstić information content (AvgIpc) is 2.86. The lowest BCUT2D eigenvalue weighted by Gasteiger charge is -2.42. The third kappa shape index (κ3) is 4.21. The van der Waals surface area contributed by atoms with Crippen molar-refractivity contribution in [3.05, 3.63) is 108 Å². The van der Waals surface area contributed by atoms with Crippen LogP contribution in [0.15, 0.2) is 91.0 Å². The largest absolute Gasteiger partial charge is 0.387 e. The molecule has 0 bridgehead atoms. The number of aliphatic hydroxyl groups is 3. The number of hydrogen-bond donors (Lipinski definition) is 3. The topological polar surface area (TPSA) is 88.4 Å². The minimum atomic E-state index is -1.41. The standard InChI is InChI=1S/C26H28O6/c1-30-25-24(29)23(28)22(27)21(32-25)17-31-26(18-11-5-2-6-12-18,19-13-7-3-8-14-19)20-15-9-4-10-16-20/h2-16,21-25,27-29H,17H2,1H3/t21-,22+,23+,24+,25-/m0/s1. The first kappa shape index (κ1) is 22.6. The van der Waals surface area contributed by atoms with Crippen molar-refractivity contribution >= 4 is 0 Å². The van der Waals surface area contributed by atoms with Gasteiger partial charge in [-0.25, -0.2) is 0 Å². The Kier molecular flexibility index (Phi) is 7.01. The predicted octanol–water partition coefficient (Wildman–Crippen LogP) is 2.45. The summed E-state index contributed by atoms with van der Waals surface area (Å²) in [4.78, 5) is 0. The molecular weight excluding hydrogens is 408 g/mol. The molecule has 0 aromatic heterocycles. The second-order valence-corrected chi connectivity index (χ2v) is 7.84. The second-order valence-electron chi connectivity index (χ2n) is 7.84. The molecule has 6 heteroatoms. The highest BCUT2D eigenvalue weighted by molar-refractivity contribution is 5.47. The van der Waals surface area contributed by atoms with Crippen molar-refractivity contribution in [1.29, 1.82) is 0 Å². The summed E-state index contributed by atoms with van der Waals surface area (Å²) < 4.78 is 17.5. The van der Waals surface area contributed by atoms with Crippen molar-refractivity contribution < 1.29 is 29.5 Å². The smallest absolute Gasteiger partial charge is 0.186 e. The molecular formula is C26H28O6. The fourth-order valence-corrected chi connectivity index (χ4v) is 4.22. The fraction of sp³-hybridized carbons (Fsp3) is 0.308. The first-order valence-electron chi connectivity index (χ1n) is 10.6. The molecule has 3 aromatic rings. The molecule has 0 saturated carbocycles. The van der Waals surface area contributed by atoms with Gasteiger partial charge >= 0.3 is 0 Å². The van der Waals surface area contributed by atoms with Gasteiger partial charge < -0.3 is 29.5 Å². The van der Waals surface area contributed by atoms with Gasteiger partial charge in [0.2, 0.25) is 0 Å². The van der Waals surface area contributed by atoms with Crippen LogP contribution in [0, 0.1) is 0 Å². The van der Waals surface area contributed by atoms with Crippen LogP contribution in [-0.2, 0) is 19.8 Å². The molecule has 0 amide bonds. The van der Waals surface area contributed by atoms with Gasteiger partial charge in [0, 0.05) is 7.11 Å². The average molecular weight is 437 g/mol. The summed E-state index contributed by atoms with van der Waals surface area (Å²) in [6.07, 6.45) is -6.08. The SMILES string of the molecule is CO[C@H]1O[C@@H](COC(c2ccccc2)(c2ccccc2)c2ccccc2)[C@@H](O)[C@@H](O)[C@H]1O. The maximum atomic E-state index is 10.6. The molecule has 1 heterocycles. The Morgan fingerprint density at radius 1 is 0.688 bits per heavy atom. The molecule has 1 aliphatic heterocycles. The highest BCUT2D eigenvalue weighted by Crippen LogP contribution is 2.41. The van der Waals surface area contributed by atoms with Crippen LogP contribution in [0.5, 0.6) is 0 Å². The molecule has 3 N–H and O–H groups in total. The Labute approximate surface area is 187 Å². The van der Waals surface area contributed by atoms with Gasteiger partial charge in [-0.15, -0.1) is 0 Å². The summed E-state index contributed by atoms with van der Waals surface area (Å²) in [7, 11) is 1.37. The van der Waals surface area contributed by atoms with E-state index in [0.717, 1.165) is 16.7 Å². The van der Waals surface area contributed by atoms with Gasteiger partial charge in [0.05, 0.1) is 6.61 Å². The lowest BCUT2D eigenvalue weighted by atomic mass is 9.80. The summed E-state index contributed by atoms with van der Waals surface area (Å²) in [6, 6.07) is 29.5. The van der Waals surface area contributed by atoms with E-state index in [9.17, 15) is 15.3 Å². The van der Waals surface area contributed by atoms with Crippen molar-refractivity contribution in [2.75, 3.05) is 13.7 Å². The molecule has 0 unspecified atom stereocenters. The minimum absolute atomic E-state index is 0.0521. The predicted molar refractivity (Wildman–Crippen MR) is 119 cm³/mol. The van der Waals surface area contributed by atoms with E-state index in [1.807, 2.05) is 91.0 Å². The van der Waals surface area contributed by atoms with Crippen LogP contribution in [0.2, 0.25) is 0 Å². The van der Waals surface area contributed by atoms with Crippen molar-refractivity contribution in [2.45, 2.75) is 36.3 Å². The summed E-state index contributed by atoms with van der Waals surface area (Å²) in [5, 5.41) is 30.9. The third-order valence-electron chi connectivity index (χ3n) is 5.91. The number of aliphatic hydroxyl groups excluding tert-OH is 3. The highest BCUT2D eigenvalue weighted by atomic mass is 16.7. The Bertz CT molecular complexity index is 867. The van der Waals surface area contributed by atoms with Crippen molar-refractivity contribution in [3.8, 4) is 0 Å². The van der Waals surface area contributed by atoms with Gasteiger partial charge in [-0.2, -0.15) is 0 Å². The van der Waals surface area contributed by atoms with Gasteiger partial charge in [0.25, 0.3) is 0 Å². The zero-order valence-corrected chi connectivity index (χ0v) is 17.8. The zero-order valence-electron chi connectivity index (χ0n) is 17.8. The quantitative estimate of drug-likeness (QED) is 0.493. The van der Waals surface area contributed by atoms with E-state index in [-0.39, 0.29) is 6.61 Å². The van der Waals surface area contributed by atoms with Crippen LogP contribution >= 0.6 is 0 Å². The first-order valence-corrected chi connectivity index (χ1v) is 10.6. The van der Waals surface area contributed by atoms with Crippen LogP contribution in [0.25, 0.3) is 0 Å². The number of methoxy groups -OCH3 is 1. The molecule has 0 aliphatic carbocycles. The minimum Gasteiger partial charge on any atom is -0.387 e. The van der Waals surface area contributed by atoms with Crippen LogP contribution in [0.1, 0.15) is 16.7 Å². The summed E-state index contributed by atoms with van der Waals surface area (Å²) in [5.41, 5.74) is 1.74. The van der Waals surface area contributed by atoms with E-state index >= 15 is 0 Å². The van der Waals surface area contributed by atoms with Gasteiger partial charge in [-0.05, 0) is 16.7 Å². The molecule has 6 nitrogen and oxygen atoms in total. The summed E-state index contributed by atoms with van der Waals surface area (Å²) in [5.74, 6) is 0. The molecule has 0 spiro atoms. The van der Waals surface area contributed by atoms with Crippen LogP contribution in [-0.4, -0.2) is 59.7 Å². The van der Waals surface area contributed by atoms with E-state index in [0.29, 0.717) is 0 Å². The van der Waals surface area contributed by atoms with Crippen LogP contribution in [0.4, 0.5) is 0 Å². The van der Waals surface area contributed by atoms with Gasteiger partial charge in [-0.3, -0.25) is 0 Å². The Morgan fingerprint density at radius 3 is 1.53 bits per heavy atom. The molecule has 32 heavy (non-hydrogen) atoms. The van der Waals surface area contributed by atoms with E-state index in [2.05, 4.69) is 0 Å². The molecule has 1 fully saturated rings. The molecule has 5 atom stereocenters.